The largest absolute Gasteiger partial charge is 0.384 e. The third kappa shape index (κ3) is 3.46. The van der Waals surface area contributed by atoms with Crippen molar-refractivity contribution in [2.45, 2.75) is 12.5 Å². The summed E-state index contributed by atoms with van der Waals surface area (Å²) in [4.78, 5) is 12.1. The molecule has 0 radical (unpaired) electrons. The molecule has 20 heavy (non-hydrogen) atoms. The van der Waals surface area contributed by atoms with Gasteiger partial charge in [0.05, 0.1) is 12.1 Å². The van der Waals surface area contributed by atoms with Gasteiger partial charge in [-0.1, -0.05) is 42.5 Å². The van der Waals surface area contributed by atoms with Gasteiger partial charge in [0, 0.05) is 4.47 Å². The number of aliphatic hydroxyl groups is 1. The normalized spacial score (nSPS) is 13.6. The topological polar surface area (TPSA) is 49.3 Å². The van der Waals surface area contributed by atoms with E-state index in [-0.39, 0.29) is 12.5 Å². The predicted octanol–water partition coefficient (Wildman–Crippen LogP) is 3.09. The molecule has 0 heterocycles. The van der Waals surface area contributed by atoms with Crippen molar-refractivity contribution >= 4 is 21.8 Å². The first-order chi connectivity index (χ1) is 9.50. The number of nitrogens with one attached hydrogen (secondary N) is 1. The van der Waals surface area contributed by atoms with E-state index in [0.717, 1.165) is 10.0 Å². The number of rotatable bonds is 4. The summed E-state index contributed by atoms with van der Waals surface area (Å²) in [6.45, 7) is 1.83. The van der Waals surface area contributed by atoms with Crippen LogP contribution in [0.2, 0.25) is 0 Å². The van der Waals surface area contributed by atoms with Gasteiger partial charge in [0.1, 0.15) is 5.60 Å². The molecule has 2 aromatic rings. The van der Waals surface area contributed by atoms with Gasteiger partial charge >= 0.3 is 0 Å². The standard InChI is InChI=1S/C16H16BrNO2/c1-16(20,12-7-3-2-4-8-12)11-18-15(19)13-9-5-6-10-14(13)17/h2-10,20H,11H2,1H3,(H,18,19). The molecule has 2 rings (SSSR count). The molecule has 4 heteroatoms. The van der Waals surface area contributed by atoms with Crippen molar-refractivity contribution in [3.8, 4) is 0 Å². The van der Waals surface area contributed by atoms with Gasteiger partial charge in [0.25, 0.3) is 5.91 Å². The molecule has 2 aromatic carbocycles. The average Bonchev–Trinajstić information content (AvgIpc) is 2.46. The van der Waals surface area contributed by atoms with Crippen molar-refractivity contribution in [2.24, 2.45) is 0 Å². The van der Waals surface area contributed by atoms with E-state index in [1.54, 1.807) is 19.1 Å². The van der Waals surface area contributed by atoms with Crippen LogP contribution < -0.4 is 5.32 Å². The quantitative estimate of drug-likeness (QED) is 0.903. The molecule has 3 nitrogen and oxygen atoms in total. The first kappa shape index (κ1) is 14.8. The summed E-state index contributed by atoms with van der Waals surface area (Å²) in [5.74, 6) is -0.214. The molecule has 0 aliphatic carbocycles. The van der Waals surface area contributed by atoms with E-state index in [1.165, 1.54) is 0 Å². The molecular formula is C16H16BrNO2. The zero-order valence-electron chi connectivity index (χ0n) is 11.1. The molecule has 0 saturated carbocycles. The molecule has 0 aliphatic rings. The lowest BCUT2D eigenvalue weighted by Crippen LogP contribution is -2.38. The van der Waals surface area contributed by atoms with Crippen LogP contribution in [0, 0.1) is 0 Å². The molecule has 1 atom stereocenters. The predicted molar refractivity (Wildman–Crippen MR) is 82.5 cm³/mol. The molecule has 1 amide bonds. The molecule has 0 spiro atoms. The Morgan fingerprint density at radius 1 is 1.15 bits per heavy atom. The van der Waals surface area contributed by atoms with Crippen LogP contribution in [0.25, 0.3) is 0 Å². The zero-order chi connectivity index (χ0) is 14.6. The fourth-order valence-corrected chi connectivity index (χ4v) is 2.36. The highest BCUT2D eigenvalue weighted by atomic mass is 79.9. The number of carbonyl (C=O) groups is 1. The Bertz CT molecular complexity index is 596. The van der Waals surface area contributed by atoms with Gasteiger partial charge in [0.2, 0.25) is 0 Å². The van der Waals surface area contributed by atoms with Gasteiger partial charge in [-0.15, -0.1) is 0 Å². The molecule has 104 valence electrons. The minimum atomic E-state index is -1.10. The molecule has 0 aromatic heterocycles. The van der Waals surface area contributed by atoms with E-state index in [2.05, 4.69) is 21.2 Å². The van der Waals surface area contributed by atoms with Crippen molar-refractivity contribution in [2.75, 3.05) is 6.54 Å². The first-order valence-corrected chi connectivity index (χ1v) is 7.10. The second kappa shape index (κ2) is 6.20. The van der Waals surface area contributed by atoms with E-state index in [1.807, 2.05) is 42.5 Å². The highest BCUT2D eigenvalue weighted by molar-refractivity contribution is 9.10. The van der Waals surface area contributed by atoms with Crippen LogP contribution in [-0.4, -0.2) is 17.6 Å². The third-order valence-electron chi connectivity index (χ3n) is 3.11. The van der Waals surface area contributed by atoms with E-state index in [9.17, 15) is 9.90 Å². The van der Waals surface area contributed by atoms with Crippen molar-refractivity contribution in [3.63, 3.8) is 0 Å². The molecule has 0 aliphatic heterocycles. The van der Waals surface area contributed by atoms with Crippen LogP contribution in [0.5, 0.6) is 0 Å². The van der Waals surface area contributed by atoms with E-state index in [4.69, 9.17) is 0 Å². The average molecular weight is 334 g/mol. The van der Waals surface area contributed by atoms with E-state index < -0.39 is 5.60 Å². The lowest BCUT2D eigenvalue weighted by Gasteiger charge is -2.24. The second-order valence-electron chi connectivity index (χ2n) is 4.80. The first-order valence-electron chi connectivity index (χ1n) is 6.31. The lowest BCUT2D eigenvalue weighted by molar-refractivity contribution is 0.0526. The summed E-state index contributed by atoms with van der Waals surface area (Å²) in [6.07, 6.45) is 0. The van der Waals surface area contributed by atoms with E-state index in [0.29, 0.717) is 5.56 Å². The van der Waals surface area contributed by atoms with Crippen LogP contribution in [-0.2, 0) is 5.60 Å². The Labute approximate surface area is 126 Å². The van der Waals surface area contributed by atoms with Crippen molar-refractivity contribution in [3.05, 3.63) is 70.2 Å². The van der Waals surface area contributed by atoms with Gasteiger partial charge in [-0.05, 0) is 40.5 Å². The number of carbonyl (C=O) groups excluding carboxylic acids is 1. The Morgan fingerprint density at radius 3 is 2.40 bits per heavy atom. The fraction of sp³-hybridized carbons (Fsp3) is 0.188. The Balaban J connectivity index is 2.05. The van der Waals surface area contributed by atoms with Crippen LogP contribution >= 0.6 is 15.9 Å². The van der Waals surface area contributed by atoms with Gasteiger partial charge in [-0.3, -0.25) is 4.79 Å². The smallest absolute Gasteiger partial charge is 0.252 e. The molecule has 0 saturated heterocycles. The van der Waals surface area contributed by atoms with Gasteiger partial charge in [-0.2, -0.15) is 0 Å². The summed E-state index contributed by atoms with van der Waals surface area (Å²) in [5.41, 5.74) is 0.224. The van der Waals surface area contributed by atoms with Gasteiger partial charge in [0.15, 0.2) is 0 Å². The summed E-state index contributed by atoms with van der Waals surface area (Å²) in [6, 6.07) is 16.5. The minimum Gasteiger partial charge on any atom is -0.384 e. The lowest BCUT2D eigenvalue weighted by atomic mass is 9.96. The van der Waals surface area contributed by atoms with Crippen LogP contribution in [0.1, 0.15) is 22.8 Å². The fourth-order valence-electron chi connectivity index (χ4n) is 1.89. The monoisotopic (exact) mass is 333 g/mol. The number of halogens is 1. The molecule has 0 bridgehead atoms. The maximum atomic E-state index is 12.1. The third-order valence-corrected chi connectivity index (χ3v) is 3.80. The minimum absolute atomic E-state index is 0.150. The van der Waals surface area contributed by atoms with Crippen LogP contribution in [0.4, 0.5) is 0 Å². The second-order valence-corrected chi connectivity index (χ2v) is 5.66. The Hall–Kier alpha value is -1.65. The van der Waals surface area contributed by atoms with Crippen molar-refractivity contribution in [1.82, 2.24) is 5.32 Å². The van der Waals surface area contributed by atoms with Crippen LogP contribution in [0.3, 0.4) is 0 Å². The van der Waals surface area contributed by atoms with Gasteiger partial charge in [-0.25, -0.2) is 0 Å². The van der Waals surface area contributed by atoms with Crippen LogP contribution in [0.15, 0.2) is 59.1 Å². The molecule has 1 unspecified atom stereocenters. The highest BCUT2D eigenvalue weighted by Crippen LogP contribution is 2.20. The van der Waals surface area contributed by atoms with Crippen molar-refractivity contribution in [1.29, 1.82) is 0 Å². The molecular weight excluding hydrogens is 318 g/mol. The zero-order valence-corrected chi connectivity index (χ0v) is 12.7. The Kier molecular flexibility index (Phi) is 4.57. The number of hydrogen-bond donors (Lipinski definition) is 2. The summed E-state index contributed by atoms with van der Waals surface area (Å²) in [5, 5.41) is 13.2. The number of amides is 1. The molecule has 0 fully saturated rings. The summed E-state index contributed by atoms with van der Waals surface area (Å²) < 4.78 is 0.733. The Morgan fingerprint density at radius 2 is 1.75 bits per heavy atom. The highest BCUT2D eigenvalue weighted by Gasteiger charge is 2.24. The van der Waals surface area contributed by atoms with Crippen molar-refractivity contribution < 1.29 is 9.90 Å². The van der Waals surface area contributed by atoms with E-state index >= 15 is 0 Å². The number of benzene rings is 2. The SMILES string of the molecule is CC(O)(CNC(=O)c1ccccc1Br)c1ccccc1. The summed E-state index contributed by atoms with van der Waals surface area (Å²) in [7, 11) is 0. The number of hydrogen-bond acceptors (Lipinski definition) is 2. The maximum absolute atomic E-state index is 12.1. The summed E-state index contributed by atoms with van der Waals surface area (Å²) >= 11 is 3.34. The van der Waals surface area contributed by atoms with Gasteiger partial charge < -0.3 is 10.4 Å². The molecule has 2 N–H and O–H groups in total. The maximum Gasteiger partial charge on any atom is 0.252 e.